The van der Waals surface area contributed by atoms with Crippen LogP contribution in [0.25, 0.3) is 10.6 Å². The maximum atomic E-state index is 14.6. The molecule has 0 bridgehead atoms. The molecular weight excluding hydrogens is 401 g/mol. The molecule has 0 unspecified atom stereocenters. The van der Waals surface area contributed by atoms with Gasteiger partial charge in [-0.2, -0.15) is 0 Å². The molecule has 4 rings (SSSR count). The van der Waals surface area contributed by atoms with E-state index in [1.807, 2.05) is 0 Å². The van der Waals surface area contributed by atoms with Gasteiger partial charge in [-0.15, -0.1) is 11.3 Å². The lowest BCUT2D eigenvalue weighted by molar-refractivity contribution is 0.0788. The van der Waals surface area contributed by atoms with Gasteiger partial charge in [-0.05, 0) is 43.2 Å². The fraction of sp³-hybridized carbons (Fsp3) is 0.238. The molecule has 2 aromatic carbocycles. The quantitative estimate of drug-likeness (QED) is 0.583. The van der Waals surface area contributed by atoms with E-state index in [1.54, 1.807) is 10.3 Å². The van der Waals surface area contributed by atoms with Gasteiger partial charge in [0.05, 0.1) is 0 Å². The van der Waals surface area contributed by atoms with Gasteiger partial charge in [0.25, 0.3) is 5.91 Å². The Morgan fingerprint density at radius 1 is 1.07 bits per heavy atom. The van der Waals surface area contributed by atoms with Crippen LogP contribution in [0.15, 0.2) is 41.8 Å². The van der Waals surface area contributed by atoms with Gasteiger partial charge in [-0.3, -0.25) is 4.79 Å². The Balaban J connectivity index is 1.47. The molecule has 4 nitrogen and oxygen atoms in total. The van der Waals surface area contributed by atoms with Crippen molar-refractivity contribution in [1.82, 2.24) is 9.88 Å². The Kier molecular flexibility index (Phi) is 5.53. The first-order valence-corrected chi connectivity index (χ1v) is 10.0. The first-order valence-electron chi connectivity index (χ1n) is 9.13. The molecule has 0 saturated carbocycles. The molecule has 1 aromatic heterocycles. The molecule has 0 atom stereocenters. The molecule has 1 aliphatic rings. The second-order valence-corrected chi connectivity index (χ2v) is 7.56. The van der Waals surface area contributed by atoms with Crippen LogP contribution in [0.4, 0.5) is 13.2 Å². The molecule has 0 aliphatic carbocycles. The van der Waals surface area contributed by atoms with Crippen molar-refractivity contribution in [2.45, 2.75) is 19.4 Å². The van der Waals surface area contributed by atoms with Crippen molar-refractivity contribution >= 4 is 17.2 Å². The third-order valence-electron chi connectivity index (χ3n) is 4.69. The molecule has 0 radical (unpaired) electrons. The predicted octanol–water partition coefficient (Wildman–Crippen LogP) is 5.04. The monoisotopic (exact) mass is 418 g/mol. The van der Waals surface area contributed by atoms with E-state index in [2.05, 4.69) is 4.98 Å². The van der Waals surface area contributed by atoms with Gasteiger partial charge in [0.15, 0.2) is 0 Å². The summed E-state index contributed by atoms with van der Waals surface area (Å²) in [7, 11) is 0. The Hall–Kier alpha value is -2.87. The van der Waals surface area contributed by atoms with Crippen molar-refractivity contribution in [1.29, 1.82) is 0 Å². The summed E-state index contributed by atoms with van der Waals surface area (Å²) in [6, 6.07) is 7.25. The smallest absolute Gasteiger partial charge is 0.273 e. The molecule has 8 heteroatoms. The second kappa shape index (κ2) is 8.24. The van der Waals surface area contributed by atoms with Gasteiger partial charge in [0.1, 0.15) is 40.5 Å². The average Bonchev–Trinajstić information content (AvgIpc) is 3.40. The lowest BCUT2D eigenvalue weighted by atomic mass is 10.2. The van der Waals surface area contributed by atoms with E-state index in [0.29, 0.717) is 10.7 Å². The zero-order chi connectivity index (χ0) is 20.4. The molecule has 150 valence electrons. The molecule has 29 heavy (non-hydrogen) atoms. The van der Waals surface area contributed by atoms with Crippen molar-refractivity contribution in [3.8, 4) is 16.3 Å². The third kappa shape index (κ3) is 4.27. The minimum atomic E-state index is -0.596. The third-order valence-corrected chi connectivity index (χ3v) is 5.57. The first kappa shape index (κ1) is 19.4. The lowest BCUT2D eigenvalue weighted by Crippen LogP contribution is -2.27. The average molecular weight is 418 g/mol. The lowest BCUT2D eigenvalue weighted by Gasteiger charge is -2.12. The summed E-state index contributed by atoms with van der Waals surface area (Å²) in [4.78, 5) is 18.4. The molecule has 1 amide bonds. The van der Waals surface area contributed by atoms with Crippen LogP contribution < -0.4 is 4.74 Å². The number of amides is 1. The summed E-state index contributed by atoms with van der Waals surface area (Å²) in [5.74, 6) is -1.70. The topological polar surface area (TPSA) is 42.4 Å². The summed E-state index contributed by atoms with van der Waals surface area (Å²) in [5, 5.41) is 2.03. The highest BCUT2D eigenvalue weighted by molar-refractivity contribution is 7.13. The molecule has 1 saturated heterocycles. The van der Waals surface area contributed by atoms with Crippen molar-refractivity contribution in [3.63, 3.8) is 0 Å². The van der Waals surface area contributed by atoms with Gasteiger partial charge in [-0.25, -0.2) is 18.2 Å². The summed E-state index contributed by atoms with van der Waals surface area (Å²) in [5.41, 5.74) is 0.604. The number of likely N-dealkylation sites (tertiary alicyclic amines) is 1. The maximum Gasteiger partial charge on any atom is 0.273 e. The number of carbonyl (C=O) groups is 1. The van der Waals surface area contributed by atoms with E-state index >= 15 is 0 Å². The Morgan fingerprint density at radius 3 is 2.62 bits per heavy atom. The maximum absolute atomic E-state index is 14.6. The van der Waals surface area contributed by atoms with Crippen molar-refractivity contribution < 1.29 is 22.7 Å². The number of thiazole rings is 1. The number of rotatable bonds is 5. The van der Waals surface area contributed by atoms with Crippen LogP contribution in [0.2, 0.25) is 0 Å². The number of hydrogen-bond acceptors (Lipinski definition) is 4. The molecule has 2 heterocycles. The number of carbonyl (C=O) groups excluding carboxylic acids is 1. The van der Waals surface area contributed by atoms with E-state index in [1.165, 1.54) is 23.5 Å². The summed E-state index contributed by atoms with van der Waals surface area (Å²) in [6.07, 6.45) is 1.97. The number of aromatic nitrogens is 1. The van der Waals surface area contributed by atoms with Crippen molar-refractivity contribution in [2.24, 2.45) is 0 Å². The molecule has 0 spiro atoms. The fourth-order valence-corrected chi connectivity index (χ4v) is 3.97. The number of benzene rings is 2. The van der Waals surface area contributed by atoms with Crippen LogP contribution in [0.3, 0.4) is 0 Å². The highest BCUT2D eigenvalue weighted by atomic mass is 32.1. The fourth-order valence-electron chi connectivity index (χ4n) is 3.15. The number of hydrogen-bond donors (Lipinski definition) is 0. The van der Waals surface area contributed by atoms with Crippen LogP contribution >= 0.6 is 11.3 Å². The minimum absolute atomic E-state index is 0.0412. The zero-order valence-corrected chi connectivity index (χ0v) is 16.1. The zero-order valence-electron chi connectivity index (χ0n) is 15.3. The highest BCUT2D eigenvalue weighted by Crippen LogP contribution is 2.30. The molecule has 0 N–H and O–H groups in total. The SMILES string of the molecule is O=C(c1csc(-c2ccc(OCc3cc(F)ccc3F)cc2F)n1)N1CCCC1. The Bertz CT molecular complexity index is 1050. The molecule has 1 fully saturated rings. The van der Waals surface area contributed by atoms with Crippen LogP contribution in [0.1, 0.15) is 28.9 Å². The van der Waals surface area contributed by atoms with Gasteiger partial charge in [0, 0.05) is 35.7 Å². The van der Waals surface area contributed by atoms with Crippen LogP contribution in [0, 0.1) is 17.5 Å². The number of halogens is 3. The van der Waals surface area contributed by atoms with Gasteiger partial charge in [-0.1, -0.05) is 0 Å². The second-order valence-electron chi connectivity index (χ2n) is 6.70. The summed E-state index contributed by atoms with van der Waals surface area (Å²) < 4.78 is 46.8. The predicted molar refractivity (Wildman–Crippen MR) is 103 cm³/mol. The largest absolute Gasteiger partial charge is 0.489 e. The number of nitrogens with zero attached hydrogens (tertiary/aromatic N) is 2. The van der Waals surface area contributed by atoms with Crippen LogP contribution in [-0.2, 0) is 6.61 Å². The standard InChI is InChI=1S/C21H17F3N2O2S/c22-14-3-6-17(23)13(9-14)11-28-15-4-5-16(18(24)10-15)20-25-19(12-29-20)21(27)26-7-1-2-8-26/h3-6,9-10,12H,1-2,7-8,11H2. The van der Waals surface area contributed by atoms with Crippen molar-refractivity contribution in [3.05, 3.63) is 70.5 Å². The van der Waals surface area contributed by atoms with Gasteiger partial charge < -0.3 is 9.64 Å². The van der Waals surface area contributed by atoms with Gasteiger partial charge in [0.2, 0.25) is 0 Å². The van der Waals surface area contributed by atoms with E-state index in [4.69, 9.17) is 4.74 Å². The van der Waals surface area contributed by atoms with E-state index in [-0.39, 0.29) is 29.4 Å². The van der Waals surface area contributed by atoms with E-state index in [9.17, 15) is 18.0 Å². The first-order chi connectivity index (χ1) is 14.0. The van der Waals surface area contributed by atoms with Gasteiger partial charge >= 0.3 is 0 Å². The molecule has 1 aliphatic heterocycles. The minimum Gasteiger partial charge on any atom is -0.489 e. The van der Waals surface area contributed by atoms with E-state index < -0.39 is 17.5 Å². The summed E-state index contributed by atoms with van der Waals surface area (Å²) >= 11 is 1.19. The Labute approximate surface area is 169 Å². The summed E-state index contributed by atoms with van der Waals surface area (Å²) in [6.45, 7) is 1.21. The normalized spacial score (nSPS) is 13.7. The van der Waals surface area contributed by atoms with Crippen LogP contribution in [-0.4, -0.2) is 28.9 Å². The van der Waals surface area contributed by atoms with E-state index in [0.717, 1.165) is 50.2 Å². The number of ether oxygens (including phenoxy) is 1. The molecule has 3 aromatic rings. The van der Waals surface area contributed by atoms with Crippen LogP contribution in [0.5, 0.6) is 5.75 Å². The van der Waals surface area contributed by atoms with Crippen molar-refractivity contribution in [2.75, 3.05) is 13.1 Å². The Morgan fingerprint density at radius 2 is 1.86 bits per heavy atom. The molecular formula is C21H17F3N2O2S. The highest BCUT2D eigenvalue weighted by Gasteiger charge is 2.22.